The Morgan fingerprint density at radius 3 is 1.01 bits per heavy atom. The number of aromatic nitrogens is 11. The molecule has 7 fully saturated rings. The summed E-state index contributed by atoms with van der Waals surface area (Å²) in [4.78, 5) is 50.1. The smallest absolute Gasteiger partial charge is 0.223 e. The van der Waals surface area contributed by atoms with E-state index in [2.05, 4.69) is 121 Å². The van der Waals surface area contributed by atoms with Crippen molar-refractivity contribution in [1.82, 2.24) is 76.1 Å². The van der Waals surface area contributed by atoms with Crippen LogP contribution in [0, 0.1) is 0 Å². The van der Waals surface area contributed by atoms with E-state index in [4.69, 9.17) is 29.8 Å². The van der Waals surface area contributed by atoms with E-state index >= 15 is 0 Å². The number of benzene rings is 5. The van der Waals surface area contributed by atoms with Gasteiger partial charge < -0.3 is 93.7 Å². The molecule has 0 amide bonds. The van der Waals surface area contributed by atoms with Crippen molar-refractivity contribution in [1.29, 1.82) is 0 Å². The molecule has 11 aromatic rings. The van der Waals surface area contributed by atoms with Gasteiger partial charge in [0.15, 0.2) is 9.84 Å². The lowest BCUT2D eigenvalue weighted by molar-refractivity contribution is 0.125. The number of ether oxygens (including phenoxy) is 1. The van der Waals surface area contributed by atoms with E-state index < -0.39 is 15.4 Å². The molecule has 7 aliphatic rings. The van der Waals surface area contributed by atoms with Crippen molar-refractivity contribution in [2.24, 2.45) is 0 Å². The third kappa shape index (κ3) is 27.0. The molecule has 5 aliphatic carbocycles. The number of hydrogen-bond acceptors (Lipinski definition) is 31. The predicted octanol–water partition coefficient (Wildman–Crippen LogP) is 13.2. The van der Waals surface area contributed by atoms with Crippen LogP contribution in [0.4, 0.5) is 35.6 Å². The van der Waals surface area contributed by atoms with Crippen LogP contribution in [0.2, 0.25) is 0 Å². The Balaban J connectivity index is 0.000000132. The minimum Gasteiger partial charge on any atom is -0.395 e. The Morgan fingerprint density at radius 2 is 0.710 bits per heavy atom. The summed E-state index contributed by atoms with van der Waals surface area (Å²) in [6.45, 7) is 26.5. The first kappa shape index (κ1) is 95.4. The molecule has 0 bridgehead atoms. The molecule has 18 rings (SSSR count). The van der Waals surface area contributed by atoms with Gasteiger partial charge >= 0.3 is 0 Å². The Kier molecular flexibility index (Phi) is 33.1. The van der Waals surface area contributed by atoms with Crippen LogP contribution in [0.15, 0.2) is 179 Å². The molecule has 694 valence electrons. The van der Waals surface area contributed by atoms with Crippen molar-refractivity contribution in [3.8, 4) is 0 Å². The van der Waals surface area contributed by atoms with Crippen molar-refractivity contribution in [2.45, 2.75) is 233 Å². The lowest BCUT2D eigenvalue weighted by Crippen LogP contribution is -2.41. The van der Waals surface area contributed by atoms with Gasteiger partial charge in [-0.2, -0.15) is 0 Å². The summed E-state index contributed by atoms with van der Waals surface area (Å²) in [6.07, 6.45) is 29.0. The number of anilines is 6. The average molecular weight is 1800 g/mol. The van der Waals surface area contributed by atoms with Gasteiger partial charge in [0.05, 0.1) is 101 Å². The molecule has 2 atom stereocenters. The summed E-state index contributed by atoms with van der Waals surface area (Å²) in [5.74, 6) is 4.13. The fraction of sp³-hybridized carbons (Fsp3) is 0.444. The quantitative estimate of drug-likeness (QED) is 0.0227. The number of para-hydroxylation sites is 5. The highest BCUT2D eigenvalue weighted by atomic mass is 32.2. The normalized spacial score (nSPS) is 22.8. The van der Waals surface area contributed by atoms with Gasteiger partial charge in [-0.1, -0.05) is 130 Å². The second kappa shape index (κ2) is 45.4. The monoisotopic (exact) mass is 1800 g/mol. The highest BCUT2D eigenvalue weighted by molar-refractivity contribution is 7.91. The predicted molar refractivity (Wildman–Crippen MR) is 522 cm³/mol. The van der Waals surface area contributed by atoms with Gasteiger partial charge in [0.1, 0.15) is 5.82 Å². The Hall–Kier alpha value is -11.7. The van der Waals surface area contributed by atoms with Gasteiger partial charge in [-0.25, -0.2) is 63.2 Å². The molecular formula is C99H127N21O10S. The summed E-state index contributed by atoms with van der Waals surface area (Å²) >= 11 is 0. The zero-order chi connectivity index (χ0) is 92.0. The number of aliphatic hydroxyl groups excluding tert-OH is 7. The molecule has 32 heteroatoms. The largest absolute Gasteiger partial charge is 0.395 e. The van der Waals surface area contributed by atoms with Crippen LogP contribution in [0.5, 0.6) is 0 Å². The van der Waals surface area contributed by atoms with E-state index in [0.717, 1.165) is 259 Å². The second-order valence-corrected chi connectivity index (χ2v) is 38.2. The zero-order valence-electron chi connectivity index (χ0n) is 75.0. The Morgan fingerprint density at radius 1 is 0.382 bits per heavy atom. The number of fused-ring (bicyclic) bond motifs is 5. The molecule has 0 radical (unpaired) electrons. The SMILES string of the molecule is C=C(NC(C)(C)CO)c1cccc2cnc(NC3CCC(O)CC3)nc12.C=C(NC1CCOC1)c1cccc2cnc(NC3CCC(O)CC3)nc12.C=C(NC1CCS(=O)(=O)C1)c1cccc2cnc(NC3CCC(O)CC3)nc12.C=C(NCCO)c1cccc2cnc(NC3CCC(O)CC3)nc12.C=C(Nc1ccccn1)c1cccc2cnc(NC3CCC(O)CC3)nc12. The fourth-order valence-electron chi connectivity index (χ4n) is 17.5. The Bertz CT molecular complexity index is 5830. The van der Waals surface area contributed by atoms with E-state index in [0.29, 0.717) is 72.6 Å². The van der Waals surface area contributed by atoms with Crippen molar-refractivity contribution in [2.75, 3.05) is 76.4 Å². The van der Waals surface area contributed by atoms with Crippen LogP contribution >= 0.6 is 0 Å². The van der Waals surface area contributed by atoms with Crippen LogP contribution in [0.3, 0.4) is 0 Å². The third-order valence-corrected chi connectivity index (χ3v) is 26.8. The van der Waals surface area contributed by atoms with Gasteiger partial charge in [-0.05, 0) is 167 Å². The van der Waals surface area contributed by atoms with Gasteiger partial charge in [0.25, 0.3) is 0 Å². The first-order valence-corrected chi connectivity index (χ1v) is 47.9. The molecule has 2 unspecified atom stereocenters. The summed E-state index contributed by atoms with van der Waals surface area (Å²) < 4.78 is 28.9. The van der Waals surface area contributed by atoms with E-state index in [9.17, 15) is 39.1 Å². The maximum absolute atomic E-state index is 11.7. The lowest BCUT2D eigenvalue weighted by Gasteiger charge is -2.27. The van der Waals surface area contributed by atoms with Crippen LogP contribution in [0.25, 0.3) is 83.0 Å². The Labute approximate surface area is 766 Å². The number of sulfone groups is 1. The number of pyridine rings is 1. The maximum Gasteiger partial charge on any atom is 0.223 e. The zero-order valence-corrected chi connectivity index (χ0v) is 75.8. The lowest BCUT2D eigenvalue weighted by atomic mass is 9.93. The maximum atomic E-state index is 11.7. The van der Waals surface area contributed by atoms with Crippen molar-refractivity contribution in [3.63, 3.8) is 0 Å². The summed E-state index contributed by atoms with van der Waals surface area (Å²) in [7, 11) is -2.95. The fourth-order valence-corrected chi connectivity index (χ4v) is 19.2. The van der Waals surface area contributed by atoms with Crippen molar-refractivity contribution in [3.05, 3.63) is 207 Å². The van der Waals surface area contributed by atoms with Crippen LogP contribution in [-0.2, 0) is 14.6 Å². The van der Waals surface area contributed by atoms with Gasteiger partial charge in [-0.3, -0.25) is 0 Å². The number of aliphatic hydroxyl groups is 7. The second-order valence-electron chi connectivity index (χ2n) is 35.9. The van der Waals surface area contributed by atoms with Crippen LogP contribution in [0.1, 0.15) is 183 Å². The van der Waals surface area contributed by atoms with E-state index in [1.54, 1.807) is 12.4 Å². The summed E-state index contributed by atoms with van der Waals surface area (Å²) in [5, 5.41) is 105. The highest BCUT2D eigenvalue weighted by Gasteiger charge is 2.31. The molecule has 6 aromatic heterocycles. The van der Waals surface area contributed by atoms with Crippen LogP contribution in [-0.4, -0.2) is 222 Å². The first-order valence-electron chi connectivity index (χ1n) is 46.0. The van der Waals surface area contributed by atoms with E-state index in [-0.39, 0.29) is 73.4 Å². The van der Waals surface area contributed by atoms with Gasteiger partial charge in [0, 0.05) is 170 Å². The van der Waals surface area contributed by atoms with E-state index in [1.807, 2.05) is 148 Å². The molecule has 5 saturated carbocycles. The average Bonchev–Trinajstić information content (AvgIpc) is 1.56. The molecule has 5 aromatic carbocycles. The van der Waals surface area contributed by atoms with Crippen LogP contribution < -0.4 is 53.2 Å². The van der Waals surface area contributed by atoms with Gasteiger partial charge in [0.2, 0.25) is 29.7 Å². The minimum absolute atomic E-state index is 0.00606. The molecule has 31 nitrogen and oxygen atoms in total. The number of hydrogen-bond donors (Lipinski definition) is 17. The third-order valence-electron chi connectivity index (χ3n) is 25.0. The van der Waals surface area contributed by atoms with Gasteiger partial charge in [-0.15, -0.1) is 0 Å². The minimum atomic E-state index is -2.95. The van der Waals surface area contributed by atoms with E-state index in [1.165, 1.54) is 0 Å². The first-order chi connectivity index (χ1) is 63.3. The molecule has 131 heavy (non-hydrogen) atoms. The molecule has 0 spiro atoms. The molecule has 2 saturated heterocycles. The number of rotatable bonds is 27. The number of nitrogens with zero attached hydrogens (tertiary/aromatic N) is 11. The summed E-state index contributed by atoms with van der Waals surface area (Å²) in [6, 6.07) is 37.0. The molecule has 2 aliphatic heterocycles. The number of nitrogens with one attached hydrogen (secondary N) is 10. The van der Waals surface area contributed by atoms with Crippen molar-refractivity contribution >= 4 is 128 Å². The summed E-state index contributed by atoms with van der Waals surface area (Å²) in [5.41, 5.74) is 12.1. The molecular weight excluding hydrogens is 1680 g/mol. The molecule has 17 N–H and O–H groups in total. The van der Waals surface area contributed by atoms with Crippen molar-refractivity contribution < 1.29 is 48.9 Å². The highest BCUT2D eigenvalue weighted by Crippen LogP contribution is 2.34. The topological polar surface area (TPSA) is 447 Å². The molecule has 8 heterocycles. The standard InChI is InChI=1S/C21H23N5O.C20H26N4O3S.C20H26N4O2.C20H28N4O2.C18H24N4O2/c1-14(24-19-7-2-3-12-22-19)18-6-4-5-15-13-23-21(26-20(15)18)25-16-8-10-17(27)11-9-16;1-13(22-16-9-10-28(26,27)12-16)18-4-2-3-14-11-21-20(24-19(14)18)23-15-5-7-17(25)8-6-15;1-13(22-16-9-10-26-12-16)18-4-2-3-14-11-21-20(24-19(14)18)23-15-5-7-17(25)8-6-15;1-13(24-20(2,3)12-25)17-6-4-5-14-11-21-19(23-18(14)17)22-15-7-9-16(26)10-8-15;1-12(19-9-10-23)16-4-2-3-13-11-20-18(22-17(13)16)21-14-5-7-15(24)8-6-14/h2-7,12-13,16-17,27H,1,8-11H2,(H,22,24)(H,23,25,26);2-4,11,15-17,22,25H,1,5-10,12H2,(H,21,23,24);2-4,11,15-17,22,25H,1,5-10,12H2,(H,21,23,24);4-6,11,15-16,24-26H,1,7-10,12H2,2-3H3,(H,21,22,23);2-4,11,14-15,19,23-24H,1,5-10H2,(H,20,21,22).